The lowest BCUT2D eigenvalue weighted by Crippen LogP contribution is -2.02. The molecule has 0 rings (SSSR count). The molecule has 0 saturated heterocycles. The third-order valence-corrected chi connectivity index (χ3v) is 3.60. The highest BCUT2D eigenvalue weighted by atomic mass is 127. The van der Waals surface area contributed by atoms with Crippen molar-refractivity contribution >= 4 is 57.1 Å². The molecule has 0 radical (unpaired) electrons. The minimum atomic E-state index is -1.22. The molecule has 56 valence electrons. The first-order valence-electron chi connectivity index (χ1n) is 1.98. The van der Waals surface area contributed by atoms with Crippen LogP contribution in [0.1, 0.15) is 0 Å². The molecule has 0 unspecified atom stereocenters. The first-order chi connectivity index (χ1) is 4.46. The van der Waals surface area contributed by atoms with Crippen molar-refractivity contribution in [3.05, 3.63) is 7.16 Å². The van der Waals surface area contributed by atoms with Gasteiger partial charge in [-0.05, 0) is 45.2 Å². The van der Waals surface area contributed by atoms with Crippen molar-refractivity contribution in [2.45, 2.75) is 0 Å². The molecule has 0 aliphatic carbocycles. The Bertz CT molecular complexity index is 185. The van der Waals surface area contributed by atoms with Gasteiger partial charge < -0.3 is 10.2 Å². The Hall–Kier alpha value is 0.140. The smallest absolute Gasteiger partial charge is 0.343 e. The van der Waals surface area contributed by atoms with Crippen LogP contribution in [0, 0.1) is 0 Å². The first-order valence-corrected chi connectivity index (χ1v) is 4.14. The van der Waals surface area contributed by atoms with Crippen LogP contribution in [0.4, 0.5) is 0 Å². The molecule has 0 aromatic carbocycles. The van der Waals surface area contributed by atoms with E-state index >= 15 is 0 Å². The number of aliphatic carboxylic acids is 2. The molecule has 10 heavy (non-hydrogen) atoms. The van der Waals surface area contributed by atoms with Crippen molar-refractivity contribution in [1.29, 1.82) is 0 Å². The fraction of sp³-hybridized carbons (Fsp3) is 0. The highest BCUT2D eigenvalue weighted by Crippen LogP contribution is 2.18. The van der Waals surface area contributed by atoms with E-state index in [2.05, 4.69) is 0 Å². The number of hydrogen-bond donors (Lipinski definition) is 2. The highest BCUT2D eigenvalue weighted by molar-refractivity contribution is 14.1. The summed E-state index contributed by atoms with van der Waals surface area (Å²) in [6, 6.07) is 0. The highest BCUT2D eigenvalue weighted by Gasteiger charge is 2.13. The van der Waals surface area contributed by atoms with Crippen LogP contribution in [0.25, 0.3) is 0 Å². The number of rotatable bonds is 2. The van der Waals surface area contributed by atoms with E-state index in [9.17, 15) is 9.59 Å². The van der Waals surface area contributed by atoms with Crippen molar-refractivity contribution in [2.75, 3.05) is 0 Å². The molecule has 0 aromatic heterocycles. The Labute approximate surface area is 83.6 Å². The van der Waals surface area contributed by atoms with Crippen LogP contribution in [-0.2, 0) is 9.59 Å². The molecule has 0 aliphatic rings. The van der Waals surface area contributed by atoms with Gasteiger partial charge in [-0.15, -0.1) is 0 Å². The van der Waals surface area contributed by atoms with Gasteiger partial charge in [-0.2, -0.15) is 0 Å². The Morgan fingerprint density at radius 2 is 1.10 bits per heavy atom. The third kappa shape index (κ3) is 2.82. The summed E-state index contributed by atoms with van der Waals surface area (Å²) in [5.41, 5.74) is 0. The summed E-state index contributed by atoms with van der Waals surface area (Å²) >= 11 is 2.93. The first kappa shape index (κ1) is 10.1. The van der Waals surface area contributed by atoms with Gasteiger partial charge in [0.05, 0.1) is 0 Å². The predicted molar refractivity (Wildman–Crippen MR) is 50.3 cm³/mol. The fourth-order valence-corrected chi connectivity index (χ4v) is 0.649. The van der Waals surface area contributed by atoms with E-state index in [1.165, 1.54) is 45.2 Å². The summed E-state index contributed by atoms with van der Waals surface area (Å²) in [6.45, 7) is 0. The minimum absolute atomic E-state index is 0.175. The predicted octanol–water partition coefficient (Wildman–Crippen LogP) is 1.24. The molecule has 6 heteroatoms. The Kier molecular flexibility index (Phi) is 4.17. The maximum Gasteiger partial charge on any atom is 0.343 e. The maximum atomic E-state index is 10.1. The Balaban J connectivity index is 4.67. The Morgan fingerprint density at radius 1 is 0.900 bits per heavy atom. The van der Waals surface area contributed by atoms with Crippen molar-refractivity contribution in [3.8, 4) is 0 Å². The lowest BCUT2D eigenvalue weighted by molar-refractivity contribution is -0.134. The van der Waals surface area contributed by atoms with Gasteiger partial charge in [0.2, 0.25) is 0 Å². The van der Waals surface area contributed by atoms with Crippen molar-refractivity contribution < 1.29 is 19.8 Å². The second-order valence-corrected chi connectivity index (χ2v) is 3.40. The monoisotopic (exact) mass is 368 g/mol. The van der Waals surface area contributed by atoms with Crippen LogP contribution >= 0.6 is 45.2 Å². The molecule has 0 fully saturated rings. The lowest BCUT2D eigenvalue weighted by atomic mass is 10.5. The topological polar surface area (TPSA) is 74.6 Å². The molecular weight excluding hydrogens is 366 g/mol. The SMILES string of the molecule is O=C(O)/C(I)=C(\I)C(=O)O. The van der Waals surface area contributed by atoms with E-state index in [0.717, 1.165) is 0 Å². The standard InChI is InChI=1S/C4H2I2O4/c5-1(3(7)8)2(6)4(9)10/h(H,7,8)(H,9,10)/b2-1+. The summed E-state index contributed by atoms with van der Waals surface area (Å²) in [7, 11) is 0. The molecule has 0 saturated carbocycles. The molecule has 2 N–H and O–H groups in total. The summed E-state index contributed by atoms with van der Waals surface area (Å²) in [5, 5.41) is 16.5. The largest absolute Gasteiger partial charge is 0.477 e. The second kappa shape index (κ2) is 4.11. The van der Waals surface area contributed by atoms with E-state index in [1.807, 2.05) is 0 Å². The van der Waals surface area contributed by atoms with E-state index in [4.69, 9.17) is 10.2 Å². The third-order valence-electron chi connectivity index (χ3n) is 0.568. The zero-order valence-electron chi connectivity index (χ0n) is 4.47. The van der Waals surface area contributed by atoms with Crippen molar-refractivity contribution in [2.24, 2.45) is 0 Å². The van der Waals surface area contributed by atoms with Crippen LogP contribution in [0.5, 0.6) is 0 Å². The summed E-state index contributed by atoms with van der Waals surface area (Å²) in [4.78, 5) is 20.2. The number of hydrogen-bond acceptors (Lipinski definition) is 2. The molecule has 0 amide bonds. The minimum Gasteiger partial charge on any atom is -0.477 e. The van der Waals surface area contributed by atoms with E-state index < -0.39 is 11.9 Å². The molecule has 0 aromatic rings. The van der Waals surface area contributed by atoms with Crippen molar-refractivity contribution in [1.82, 2.24) is 0 Å². The van der Waals surface area contributed by atoms with Crippen molar-refractivity contribution in [3.63, 3.8) is 0 Å². The fourth-order valence-electron chi connectivity index (χ4n) is 0.188. The van der Waals surface area contributed by atoms with Gasteiger partial charge in [0.25, 0.3) is 0 Å². The van der Waals surface area contributed by atoms with Crippen LogP contribution in [0.15, 0.2) is 7.16 Å². The van der Waals surface area contributed by atoms with Gasteiger partial charge in [-0.3, -0.25) is 0 Å². The van der Waals surface area contributed by atoms with Gasteiger partial charge in [0.1, 0.15) is 7.16 Å². The molecule has 0 aliphatic heterocycles. The van der Waals surface area contributed by atoms with E-state index in [-0.39, 0.29) is 7.16 Å². The summed E-state index contributed by atoms with van der Waals surface area (Å²) < 4.78 is -0.351. The zero-order chi connectivity index (χ0) is 8.31. The van der Waals surface area contributed by atoms with Crippen LogP contribution in [0.3, 0.4) is 0 Å². The number of carbonyl (C=O) groups is 2. The lowest BCUT2D eigenvalue weighted by Gasteiger charge is -1.91. The molecule has 0 atom stereocenters. The average molecular weight is 368 g/mol. The van der Waals surface area contributed by atoms with Gasteiger partial charge in [-0.1, -0.05) is 0 Å². The summed E-state index contributed by atoms with van der Waals surface area (Å²) in [5.74, 6) is -2.43. The van der Waals surface area contributed by atoms with Gasteiger partial charge >= 0.3 is 11.9 Å². The number of carboxylic acids is 2. The quantitative estimate of drug-likeness (QED) is 0.569. The maximum absolute atomic E-state index is 10.1. The van der Waals surface area contributed by atoms with Gasteiger partial charge in [-0.25, -0.2) is 9.59 Å². The zero-order valence-corrected chi connectivity index (χ0v) is 8.78. The molecule has 4 nitrogen and oxygen atoms in total. The molecule has 0 bridgehead atoms. The number of carboxylic acid groups (broad SMARTS) is 2. The normalized spacial score (nSPS) is 12.2. The van der Waals surface area contributed by atoms with Gasteiger partial charge in [0.15, 0.2) is 0 Å². The number of halogens is 2. The summed E-state index contributed by atoms with van der Waals surface area (Å²) in [6.07, 6.45) is 0. The Morgan fingerprint density at radius 3 is 1.20 bits per heavy atom. The molecule has 0 heterocycles. The molecular formula is C4H2I2O4. The van der Waals surface area contributed by atoms with Crippen LogP contribution < -0.4 is 0 Å². The van der Waals surface area contributed by atoms with Crippen LogP contribution in [-0.4, -0.2) is 22.2 Å². The van der Waals surface area contributed by atoms with Gasteiger partial charge in [0, 0.05) is 0 Å². The van der Waals surface area contributed by atoms with Crippen LogP contribution in [0.2, 0.25) is 0 Å². The van der Waals surface area contributed by atoms with E-state index in [1.54, 1.807) is 0 Å². The molecule has 0 spiro atoms. The second-order valence-electron chi connectivity index (χ2n) is 1.24. The van der Waals surface area contributed by atoms with E-state index in [0.29, 0.717) is 0 Å². The average Bonchev–Trinajstić information content (AvgIpc) is 1.84.